The van der Waals surface area contributed by atoms with Gasteiger partial charge in [0, 0.05) is 24.2 Å². The summed E-state index contributed by atoms with van der Waals surface area (Å²) in [4.78, 5) is 14.6. The number of hydrogen-bond donors (Lipinski definition) is 1. The predicted octanol–water partition coefficient (Wildman–Crippen LogP) is 2.35. The van der Waals surface area contributed by atoms with Crippen molar-refractivity contribution in [1.29, 1.82) is 0 Å². The van der Waals surface area contributed by atoms with Crippen LogP contribution in [0.25, 0.3) is 11.3 Å². The molecule has 0 spiro atoms. The van der Waals surface area contributed by atoms with Gasteiger partial charge in [0.2, 0.25) is 0 Å². The van der Waals surface area contributed by atoms with Crippen molar-refractivity contribution in [3.8, 4) is 11.3 Å². The van der Waals surface area contributed by atoms with Gasteiger partial charge in [-0.2, -0.15) is 5.10 Å². The lowest BCUT2D eigenvalue weighted by Crippen LogP contribution is -2.30. The van der Waals surface area contributed by atoms with E-state index in [1.165, 1.54) is 4.68 Å². The summed E-state index contributed by atoms with van der Waals surface area (Å²) >= 11 is -1.86. The van der Waals surface area contributed by atoms with Crippen LogP contribution < -0.4 is 5.56 Å². The Morgan fingerprint density at radius 2 is 1.88 bits per heavy atom. The van der Waals surface area contributed by atoms with Gasteiger partial charge in [-0.05, 0) is 31.6 Å². The van der Waals surface area contributed by atoms with Crippen molar-refractivity contribution in [3.05, 3.63) is 51.8 Å². The van der Waals surface area contributed by atoms with Crippen LogP contribution >= 0.6 is 0 Å². The first kappa shape index (κ1) is 19.5. The highest BCUT2D eigenvalue weighted by Crippen LogP contribution is 2.19. The van der Waals surface area contributed by atoms with E-state index in [0.29, 0.717) is 24.6 Å². The number of rotatable bonds is 7. The van der Waals surface area contributed by atoms with Gasteiger partial charge in [-0.25, -0.2) is 8.89 Å². The molecular formula is C18H25N3O3S. The lowest BCUT2D eigenvalue weighted by molar-refractivity contribution is 0.392. The number of nitrogens with zero attached hydrogens (tertiary/aromatic N) is 3. The maximum Gasteiger partial charge on any atom is 0.271 e. The average molecular weight is 363 g/mol. The number of hydrogen-bond acceptors (Lipinski definition) is 4. The Bertz CT molecular complexity index is 764. The van der Waals surface area contributed by atoms with Crippen molar-refractivity contribution in [3.63, 3.8) is 0 Å². The van der Waals surface area contributed by atoms with Crippen LogP contribution in [0.1, 0.15) is 25.0 Å². The highest BCUT2D eigenvalue weighted by atomic mass is 32.2. The molecule has 0 bridgehead atoms. The molecule has 1 atom stereocenters. The van der Waals surface area contributed by atoms with E-state index in [0.717, 1.165) is 16.8 Å². The molecule has 0 aliphatic carbocycles. The zero-order valence-electron chi connectivity index (χ0n) is 15.1. The molecule has 0 radical (unpaired) electrons. The van der Waals surface area contributed by atoms with Crippen molar-refractivity contribution in [1.82, 2.24) is 14.7 Å². The number of benzene rings is 1. The van der Waals surface area contributed by atoms with Gasteiger partial charge in [-0.3, -0.25) is 4.79 Å². The Balaban J connectivity index is 2.45. The van der Waals surface area contributed by atoms with E-state index in [2.05, 4.69) is 18.9 Å². The van der Waals surface area contributed by atoms with Gasteiger partial charge in [-0.15, -0.1) is 0 Å². The standard InChI is InChI=1S/C18H25N3O3S/c1-13(2)10-21-18(22)16(11-20(3)4)9-17(19-21)15-7-5-14(6-8-15)12-25(23)24/h5-9,13H,10-12H2,1-4H3,(H,23,24). The van der Waals surface area contributed by atoms with Gasteiger partial charge in [0.25, 0.3) is 5.56 Å². The molecule has 1 aromatic carbocycles. The van der Waals surface area contributed by atoms with Gasteiger partial charge < -0.3 is 9.45 Å². The third-order valence-corrected chi connectivity index (χ3v) is 4.19. The summed E-state index contributed by atoms with van der Waals surface area (Å²) in [6.45, 7) is 5.22. The molecule has 25 heavy (non-hydrogen) atoms. The highest BCUT2D eigenvalue weighted by molar-refractivity contribution is 7.78. The first-order valence-electron chi connectivity index (χ1n) is 8.18. The molecule has 0 amide bonds. The summed E-state index contributed by atoms with van der Waals surface area (Å²) < 4.78 is 21.4. The average Bonchev–Trinajstić information content (AvgIpc) is 2.50. The normalized spacial score (nSPS) is 12.8. The summed E-state index contributed by atoms with van der Waals surface area (Å²) in [6.07, 6.45) is 0. The fraction of sp³-hybridized carbons (Fsp3) is 0.444. The fourth-order valence-corrected chi connectivity index (χ4v) is 3.05. The molecule has 1 unspecified atom stereocenters. The zero-order chi connectivity index (χ0) is 18.6. The van der Waals surface area contributed by atoms with Crippen LogP contribution in [-0.2, 0) is 29.9 Å². The molecule has 1 N–H and O–H groups in total. The molecule has 0 aliphatic rings. The molecule has 0 saturated heterocycles. The van der Waals surface area contributed by atoms with Crippen LogP contribution in [0.3, 0.4) is 0 Å². The highest BCUT2D eigenvalue weighted by Gasteiger charge is 2.12. The SMILES string of the molecule is CC(C)Cn1nc(-c2ccc(CS(=O)O)cc2)cc(CN(C)C)c1=O. The third-order valence-electron chi connectivity index (χ3n) is 3.61. The molecule has 1 aromatic heterocycles. The molecule has 2 aromatic rings. The molecule has 0 fully saturated rings. The van der Waals surface area contributed by atoms with Crippen LogP contribution in [0.15, 0.2) is 35.1 Å². The first-order valence-corrected chi connectivity index (χ1v) is 9.46. The monoisotopic (exact) mass is 363 g/mol. The minimum absolute atomic E-state index is 0.0570. The van der Waals surface area contributed by atoms with Crippen LogP contribution in [0.4, 0.5) is 0 Å². The molecule has 0 aliphatic heterocycles. The second kappa shape index (κ2) is 8.51. The maximum absolute atomic E-state index is 12.6. The van der Waals surface area contributed by atoms with Crippen LogP contribution in [0.2, 0.25) is 0 Å². The van der Waals surface area contributed by atoms with E-state index < -0.39 is 11.1 Å². The van der Waals surface area contributed by atoms with E-state index in [1.807, 2.05) is 49.3 Å². The summed E-state index contributed by atoms with van der Waals surface area (Å²) in [7, 11) is 3.85. The van der Waals surface area contributed by atoms with Crippen molar-refractivity contribution in [2.45, 2.75) is 32.7 Å². The lowest BCUT2D eigenvalue weighted by atomic mass is 10.1. The lowest BCUT2D eigenvalue weighted by Gasteiger charge is -2.15. The number of aromatic nitrogens is 2. The van der Waals surface area contributed by atoms with Gasteiger partial charge in [0.15, 0.2) is 11.1 Å². The maximum atomic E-state index is 12.6. The van der Waals surface area contributed by atoms with Crippen molar-refractivity contribution in [2.75, 3.05) is 14.1 Å². The topological polar surface area (TPSA) is 75.4 Å². The fourth-order valence-electron chi connectivity index (χ4n) is 2.58. The first-order chi connectivity index (χ1) is 11.8. The molecular weight excluding hydrogens is 338 g/mol. The predicted molar refractivity (Wildman–Crippen MR) is 101 cm³/mol. The summed E-state index contributed by atoms with van der Waals surface area (Å²) in [5.74, 6) is 0.418. The van der Waals surface area contributed by atoms with E-state index >= 15 is 0 Å². The molecule has 6 nitrogen and oxygen atoms in total. The third kappa shape index (κ3) is 5.59. The smallest absolute Gasteiger partial charge is 0.271 e. The second-order valence-electron chi connectivity index (χ2n) is 6.84. The minimum atomic E-state index is -1.86. The second-order valence-corrected chi connectivity index (χ2v) is 7.77. The summed E-state index contributed by atoms with van der Waals surface area (Å²) in [5, 5.41) is 4.52. The van der Waals surface area contributed by atoms with Crippen LogP contribution in [0.5, 0.6) is 0 Å². The zero-order valence-corrected chi connectivity index (χ0v) is 15.9. The minimum Gasteiger partial charge on any atom is -0.306 e. The van der Waals surface area contributed by atoms with Crippen molar-refractivity contribution < 1.29 is 8.76 Å². The molecule has 1 heterocycles. The van der Waals surface area contributed by atoms with Crippen molar-refractivity contribution >= 4 is 11.1 Å². The molecule has 136 valence electrons. The van der Waals surface area contributed by atoms with E-state index in [9.17, 15) is 9.00 Å². The largest absolute Gasteiger partial charge is 0.306 e. The molecule has 0 saturated carbocycles. The van der Waals surface area contributed by atoms with Gasteiger partial charge in [0.05, 0.1) is 11.4 Å². The van der Waals surface area contributed by atoms with Gasteiger partial charge >= 0.3 is 0 Å². The quantitative estimate of drug-likeness (QED) is 0.764. The van der Waals surface area contributed by atoms with Crippen LogP contribution in [-0.4, -0.2) is 37.5 Å². The van der Waals surface area contributed by atoms with Crippen molar-refractivity contribution in [2.24, 2.45) is 5.92 Å². The Hall–Kier alpha value is -1.83. The Kier molecular flexibility index (Phi) is 6.64. The summed E-state index contributed by atoms with van der Waals surface area (Å²) in [5.41, 5.74) is 3.04. The van der Waals surface area contributed by atoms with E-state index in [1.54, 1.807) is 0 Å². The molecule has 2 rings (SSSR count). The Morgan fingerprint density at radius 3 is 2.40 bits per heavy atom. The van der Waals surface area contributed by atoms with Crippen LogP contribution in [0, 0.1) is 5.92 Å². The van der Waals surface area contributed by atoms with Gasteiger partial charge in [0.1, 0.15) is 0 Å². The van der Waals surface area contributed by atoms with E-state index in [4.69, 9.17) is 4.55 Å². The Morgan fingerprint density at radius 1 is 1.24 bits per heavy atom. The van der Waals surface area contributed by atoms with Gasteiger partial charge in [-0.1, -0.05) is 38.1 Å². The summed E-state index contributed by atoms with van der Waals surface area (Å²) in [6, 6.07) is 9.20. The van der Waals surface area contributed by atoms with E-state index in [-0.39, 0.29) is 11.3 Å². The Labute approximate surface area is 150 Å². The molecule has 7 heteroatoms.